The van der Waals surface area contributed by atoms with Gasteiger partial charge in [0.15, 0.2) is 0 Å². The number of aliphatic hydroxyl groups excluding tert-OH is 1. The Morgan fingerprint density at radius 2 is 1.90 bits per heavy atom. The molecular formula is C15H30F2N2O. The number of hydrogen-bond acceptors (Lipinski definition) is 3. The number of rotatable bonds is 10. The van der Waals surface area contributed by atoms with Crippen LogP contribution in [-0.4, -0.2) is 55.8 Å². The molecule has 0 radical (unpaired) electrons. The topological polar surface area (TPSA) is 35.5 Å². The van der Waals surface area contributed by atoms with Crippen LogP contribution in [0.25, 0.3) is 0 Å². The number of aliphatic hydroxyl groups is 1. The lowest BCUT2D eigenvalue weighted by Gasteiger charge is -2.35. The Labute approximate surface area is 121 Å². The Morgan fingerprint density at radius 1 is 1.25 bits per heavy atom. The number of hydrogen-bond donors (Lipinski definition) is 2. The summed E-state index contributed by atoms with van der Waals surface area (Å²) in [4.78, 5) is 1.73. The molecule has 3 nitrogen and oxygen atoms in total. The largest absolute Gasteiger partial charge is 0.395 e. The van der Waals surface area contributed by atoms with E-state index in [4.69, 9.17) is 5.11 Å². The summed E-state index contributed by atoms with van der Waals surface area (Å²) in [6.45, 7) is 6.94. The molecule has 0 amide bonds. The third-order valence-electron chi connectivity index (χ3n) is 4.09. The van der Waals surface area contributed by atoms with Gasteiger partial charge in [-0.05, 0) is 30.7 Å². The normalized spacial score (nSPS) is 18.6. The van der Waals surface area contributed by atoms with E-state index >= 15 is 0 Å². The Hall–Kier alpha value is -0.260. The van der Waals surface area contributed by atoms with Crippen molar-refractivity contribution in [2.24, 2.45) is 11.3 Å². The molecule has 1 fully saturated rings. The standard InChI is InChI=1S/C15H30F2N2O/c1-13(2)9-18-11-15(5-3-4-6-15)12-19(7-8-20)10-14(16)17/h13-14,18,20H,3-12H2,1-2H3. The van der Waals surface area contributed by atoms with Crippen LogP contribution in [0.2, 0.25) is 0 Å². The zero-order chi connectivity index (χ0) is 15.0. The highest BCUT2D eigenvalue weighted by Crippen LogP contribution is 2.38. The maximum atomic E-state index is 12.6. The van der Waals surface area contributed by atoms with E-state index in [9.17, 15) is 8.78 Å². The summed E-state index contributed by atoms with van der Waals surface area (Å²) in [5.74, 6) is 0.600. The molecule has 2 N–H and O–H groups in total. The second kappa shape index (κ2) is 8.90. The average molecular weight is 292 g/mol. The molecule has 0 spiro atoms. The van der Waals surface area contributed by atoms with Crippen molar-refractivity contribution in [2.45, 2.75) is 46.0 Å². The second-order valence-corrected chi connectivity index (χ2v) is 6.58. The molecule has 0 aromatic rings. The van der Waals surface area contributed by atoms with Crippen molar-refractivity contribution in [2.75, 3.05) is 39.3 Å². The van der Waals surface area contributed by atoms with Gasteiger partial charge in [0.05, 0.1) is 13.2 Å². The molecule has 0 atom stereocenters. The lowest BCUT2D eigenvalue weighted by Crippen LogP contribution is -2.45. The van der Waals surface area contributed by atoms with Crippen molar-refractivity contribution >= 4 is 0 Å². The van der Waals surface area contributed by atoms with Crippen LogP contribution in [0.1, 0.15) is 39.5 Å². The van der Waals surface area contributed by atoms with Crippen molar-refractivity contribution in [1.82, 2.24) is 10.2 Å². The number of nitrogens with zero attached hydrogens (tertiary/aromatic N) is 1. The molecule has 20 heavy (non-hydrogen) atoms. The van der Waals surface area contributed by atoms with E-state index in [1.54, 1.807) is 4.90 Å². The average Bonchev–Trinajstić information content (AvgIpc) is 2.76. The Morgan fingerprint density at radius 3 is 2.40 bits per heavy atom. The van der Waals surface area contributed by atoms with Crippen LogP contribution in [0.3, 0.4) is 0 Å². The van der Waals surface area contributed by atoms with Gasteiger partial charge in [-0.15, -0.1) is 0 Å². The summed E-state index contributed by atoms with van der Waals surface area (Å²) in [6.07, 6.45) is 2.24. The minimum absolute atomic E-state index is 0.0534. The van der Waals surface area contributed by atoms with E-state index in [0.717, 1.165) is 25.9 Å². The maximum absolute atomic E-state index is 12.6. The predicted octanol–water partition coefficient (Wildman–Crippen LogP) is 2.35. The molecule has 0 saturated heterocycles. The van der Waals surface area contributed by atoms with E-state index in [0.29, 0.717) is 19.0 Å². The monoisotopic (exact) mass is 292 g/mol. The third-order valence-corrected chi connectivity index (χ3v) is 4.09. The minimum atomic E-state index is -2.33. The first kappa shape index (κ1) is 17.8. The molecule has 0 aromatic carbocycles. The zero-order valence-electron chi connectivity index (χ0n) is 12.9. The van der Waals surface area contributed by atoms with Gasteiger partial charge in [0.25, 0.3) is 6.43 Å². The van der Waals surface area contributed by atoms with Crippen LogP contribution in [0, 0.1) is 11.3 Å². The van der Waals surface area contributed by atoms with Crippen LogP contribution in [0.4, 0.5) is 8.78 Å². The van der Waals surface area contributed by atoms with Crippen LogP contribution in [0.5, 0.6) is 0 Å². The molecule has 0 aliphatic heterocycles. The molecule has 1 aliphatic rings. The molecule has 0 heterocycles. The Bertz CT molecular complexity index is 256. The van der Waals surface area contributed by atoms with E-state index in [2.05, 4.69) is 19.2 Å². The first-order chi connectivity index (χ1) is 9.47. The van der Waals surface area contributed by atoms with Gasteiger partial charge in [-0.3, -0.25) is 4.90 Å². The number of alkyl halides is 2. The highest BCUT2D eigenvalue weighted by atomic mass is 19.3. The Balaban J connectivity index is 2.54. The number of halogens is 2. The lowest BCUT2D eigenvalue weighted by molar-refractivity contribution is 0.0511. The van der Waals surface area contributed by atoms with E-state index in [1.807, 2.05) is 0 Å². The quantitative estimate of drug-likeness (QED) is 0.649. The molecule has 1 saturated carbocycles. The molecule has 1 aliphatic carbocycles. The van der Waals surface area contributed by atoms with Crippen LogP contribution < -0.4 is 5.32 Å². The van der Waals surface area contributed by atoms with Gasteiger partial charge in [-0.1, -0.05) is 26.7 Å². The highest BCUT2D eigenvalue weighted by Gasteiger charge is 2.35. The van der Waals surface area contributed by atoms with Gasteiger partial charge < -0.3 is 10.4 Å². The predicted molar refractivity (Wildman–Crippen MR) is 78.1 cm³/mol. The summed E-state index contributed by atoms with van der Waals surface area (Å²) >= 11 is 0. The van der Waals surface area contributed by atoms with Crippen LogP contribution in [0.15, 0.2) is 0 Å². The van der Waals surface area contributed by atoms with Gasteiger partial charge in [0, 0.05) is 19.6 Å². The van der Waals surface area contributed by atoms with Gasteiger partial charge >= 0.3 is 0 Å². The zero-order valence-corrected chi connectivity index (χ0v) is 12.9. The second-order valence-electron chi connectivity index (χ2n) is 6.58. The maximum Gasteiger partial charge on any atom is 0.251 e. The number of nitrogens with one attached hydrogen (secondary N) is 1. The molecule has 0 unspecified atom stereocenters. The highest BCUT2D eigenvalue weighted by molar-refractivity contribution is 4.89. The Kier molecular flexibility index (Phi) is 7.92. The summed E-state index contributed by atoms with van der Waals surface area (Å²) < 4.78 is 25.3. The third kappa shape index (κ3) is 6.46. The van der Waals surface area contributed by atoms with E-state index in [-0.39, 0.29) is 18.6 Å². The minimum Gasteiger partial charge on any atom is -0.395 e. The van der Waals surface area contributed by atoms with Gasteiger partial charge in [0.2, 0.25) is 0 Å². The molecule has 0 aromatic heterocycles. The SMILES string of the molecule is CC(C)CNCC1(CN(CCO)CC(F)F)CCCC1. The van der Waals surface area contributed by atoms with Crippen molar-refractivity contribution in [3.8, 4) is 0 Å². The van der Waals surface area contributed by atoms with Gasteiger partial charge in [0.1, 0.15) is 0 Å². The van der Waals surface area contributed by atoms with E-state index in [1.165, 1.54) is 12.8 Å². The summed E-state index contributed by atoms with van der Waals surface area (Å²) in [5.41, 5.74) is 0.110. The van der Waals surface area contributed by atoms with E-state index < -0.39 is 6.43 Å². The van der Waals surface area contributed by atoms with Crippen molar-refractivity contribution < 1.29 is 13.9 Å². The van der Waals surface area contributed by atoms with Crippen molar-refractivity contribution in [1.29, 1.82) is 0 Å². The fraction of sp³-hybridized carbons (Fsp3) is 1.00. The molecule has 1 rings (SSSR count). The summed E-state index contributed by atoms with van der Waals surface area (Å²) in [7, 11) is 0. The van der Waals surface area contributed by atoms with Gasteiger partial charge in [-0.25, -0.2) is 8.78 Å². The molecular weight excluding hydrogens is 262 g/mol. The van der Waals surface area contributed by atoms with Crippen LogP contribution in [-0.2, 0) is 0 Å². The first-order valence-corrected chi connectivity index (χ1v) is 7.79. The van der Waals surface area contributed by atoms with Crippen molar-refractivity contribution in [3.63, 3.8) is 0 Å². The summed E-state index contributed by atoms with van der Waals surface area (Å²) in [6, 6.07) is 0. The first-order valence-electron chi connectivity index (χ1n) is 7.79. The van der Waals surface area contributed by atoms with Gasteiger partial charge in [-0.2, -0.15) is 0 Å². The molecule has 0 bridgehead atoms. The lowest BCUT2D eigenvalue weighted by atomic mass is 9.85. The fourth-order valence-electron chi connectivity index (χ4n) is 3.19. The molecule has 120 valence electrons. The van der Waals surface area contributed by atoms with Crippen molar-refractivity contribution in [3.05, 3.63) is 0 Å². The van der Waals surface area contributed by atoms with Crippen LogP contribution >= 0.6 is 0 Å². The fourth-order valence-corrected chi connectivity index (χ4v) is 3.19. The smallest absolute Gasteiger partial charge is 0.251 e. The molecule has 5 heteroatoms. The summed E-state index contributed by atoms with van der Waals surface area (Å²) in [5, 5.41) is 12.5.